The second kappa shape index (κ2) is 11.7. The first-order chi connectivity index (χ1) is 24.0. The molecule has 0 N–H and O–H groups in total. The summed E-state index contributed by atoms with van der Waals surface area (Å²) in [6, 6.07) is 33.8. The van der Waals surface area contributed by atoms with E-state index in [2.05, 4.69) is 91.0 Å². The Labute approximate surface area is 294 Å². The lowest BCUT2D eigenvalue weighted by atomic mass is 9.55. The maximum Gasteiger partial charge on any atom is 0.138 e. The number of rotatable bonds is 8. The molecule has 0 saturated heterocycles. The van der Waals surface area contributed by atoms with Crippen molar-refractivity contribution in [1.82, 2.24) is 0 Å². The number of benzene rings is 4. The van der Waals surface area contributed by atoms with E-state index < -0.39 is 7.92 Å². The molecule has 49 heavy (non-hydrogen) atoms. The van der Waals surface area contributed by atoms with Crippen LogP contribution < -0.4 is 14.8 Å². The molecule has 0 radical (unpaired) electrons. The van der Waals surface area contributed by atoms with Crippen LogP contribution in [0.5, 0.6) is 11.5 Å². The second-order valence-electron chi connectivity index (χ2n) is 17.3. The monoisotopic (exact) mass is 666 g/mol. The molecule has 8 saturated carbocycles. The van der Waals surface area contributed by atoms with E-state index in [1.54, 1.807) is 5.30 Å². The second-order valence-corrected chi connectivity index (χ2v) is 20.3. The Morgan fingerprint density at radius 1 is 0.469 bits per heavy atom. The van der Waals surface area contributed by atoms with E-state index in [-0.39, 0.29) is 0 Å². The summed E-state index contributed by atoms with van der Waals surface area (Å²) in [5.74, 6) is 7.60. The molecule has 4 aromatic carbocycles. The van der Waals surface area contributed by atoms with Gasteiger partial charge < -0.3 is 9.47 Å². The summed E-state index contributed by atoms with van der Waals surface area (Å²) in [5.41, 5.74) is 7.18. The van der Waals surface area contributed by atoms with Crippen molar-refractivity contribution in [2.45, 2.75) is 87.4 Å². The smallest absolute Gasteiger partial charge is 0.138 e. The molecule has 0 amide bonds. The van der Waals surface area contributed by atoms with Gasteiger partial charge in [0.2, 0.25) is 0 Å². The van der Waals surface area contributed by atoms with Crippen LogP contribution in [0.2, 0.25) is 0 Å². The van der Waals surface area contributed by atoms with Gasteiger partial charge in [-0.15, -0.1) is 0 Å². The third kappa shape index (κ3) is 4.90. The molecule has 8 bridgehead atoms. The first kappa shape index (κ1) is 30.7. The zero-order valence-corrected chi connectivity index (χ0v) is 30.3. The fraction of sp³-hybridized carbons (Fsp3) is 0.478. The predicted octanol–water partition coefficient (Wildman–Crippen LogP) is 11.7. The Bertz CT molecular complexity index is 1680. The Balaban J connectivity index is 1.24. The van der Waals surface area contributed by atoms with Crippen LogP contribution in [-0.4, -0.2) is 24.5 Å². The van der Waals surface area contributed by atoms with Crippen LogP contribution in [0.1, 0.15) is 77.0 Å². The van der Waals surface area contributed by atoms with E-state index >= 15 is 0 Å². The molecule has 0 aromatic heterocycles. The Kier molecular flexibility index (Phi) is 7.35. The summed E-state index contributed by atoms with van der Waals surface area (Å²) < 4.78 is 13.2. The van der Waals surface area contributed by atoms with Gasteiger partial charge in [0, 0.05) is 11.1 Å². The van der Waals surface area contributed by atoms with Crippen molar-refractivity contribution in [2.24, 2.45) is 35.5 Å². The molecule has 0 atom stereocenters. The maximum absolute atomic E-state index is 6.58. The predicted molar refractivity (Wildman–Crippen MR) is 204 cm³/mol. The molecule has 8 aliphatic rings. The highest BCUT2D eigenvalue weighted by Crippen LogP contribution is 2.79. The number of hydrogen-bond donors (Lipinski definition) is 0. The first-order valence-electron chi connectivity index (χ1n) is 19.3. The molecular weight excluding hydrogens is 615 g/mol. The zero-order chi connectivity index (χ0) is 32.7. The molecule has 0 unspecified atom stereocenters. The standard InChI is InChI=1S/C46H51O2P/c1-47-43-39(36-11-5-3-6-12-36)23-40(37-13-7-4-8-14-37)44(48-2)42(43)38-15-9-10-16-41(38)49(45-24-30-17-31(25-45)19-32(18-30)26-45)46-27-33-20-34(28-46)22-35(21-33)29-46/h3-16,23,30-35H,17-22,24-29H2,1-2H3. The van der Waals surface area contributed by atoms with E-state index in [1.807, 2.05) is 14.2 Å². The van der Waals surface area contributed by atoms with Crippen molar-refractivity contribution >= 4 is 13.2 Å². The summed E-state index contributed by atoms with van der Waals surface area (Å²) in [7, 11) is 3.32. The topological polar surface area (TPSA) is 18.5 Å². The average molecular weight is 667 g/mol. The van der Waals surface area contributed by atoms with Crippen molar-refractivity contribution in [3.05, 3.63) is 91.0 Å². The molecule has 3 heteroatoms. The van der Waals surface area contributed by atoms with Gasteiger partial charge in [-0.25, -0.2) is 0 Å². The van der Waals surface area contributed by atoms with Gasteiger partial charge in [0.15, 0.2) is 0 Å². The molecule has 8 fully saturated rings. The van der Waals surface area contributed by atoms with Crippen LogP contribution >= 0.6 is 7.92 Å². The molecule has 8 aliphatic carbocycles. The van der Waals surface area contributed by atoms with Gasteiger partial charge in [0.1, 0.15) is 11.5 Å². The minimum atomic E-state index is -0.422. The number of ether oxygens (including phenoxy) is 2. The third-order valence-electron chi connectivity index (χ3n) is 14.2. The quantitative estimate of drug-likeness (QED) is 0.174. The average Bonchev–Trinajstić information content (AvgIpc) is 3.10. The Hall–Kier alpha value is -3.09. The molecular formula is C46H51O2P. The lowest BCUT2D eigenvalue weighted by molar-refractivity contribution is 0.0195. The fourth-order valence-corrected chi connectivity index (χ4v) is 18.9. The minimum Gasteiger partial charge on any atom is -0.495 e. The van der Waals surface area contributed by atoms with E-state index in [9.17, 15) is 0 Å². The Morgan fingerprint density at radius 3 is 1.22 bits per heavy atom. The first-order valence-corrected chi connectivity index (χ1v) is 20.7. The van der Waals surface area contributed by atoms with Gasteiger partial charge in [0.25, 0.3) is 0 Å². The van der Waals surface area contributed by atoms with Crippen LogP contribution in [-0.2, 0) is 0 Å². The van der Waals surface area contributed by atoms with Crippen LogP contribution in [0.15, 0.2) is 91.0 Å². The SMILES string of the molecule is COc1c(-c2ccccc2)cc(-c2ccccc2)c(OC)c1-c1ccccc1P(C12CC3CC(CC(C3)C1)C2)C12CC3CC(CC(C3)C1)C2. The normalized spacial score (nSPS) is 34.2. The molecule has 252 valence electrons. The van der Waals surface area contributed by atoms with Gasteiger partial charge in [0.05, 0.1) is 19.8 Å². The maximum atomic E-state index is 6.58. The van der Waals surface area contributed by atoms with Crippen molar-refractivity contribution in [3.63, 3.8) is 0 Å². The lowest BCUT2D eigenvalue weighted by Crippen LogP contribution is -2.58. The van der Waals surface area contributed by atoms with Gasteiger partial charge in [-0.1, -0.05) is 92.9 Å². The Morgan fingerprint density at radius 2 is 0.837 bits per heavy atom. The summed E-state index contributed by atoms with van der Waals surface area (Å²) in [6.07, 6.45) is 17.9. The van der Waals surface area contributed by atoms with Crippen molar-refractivity contribution in [3.8, 4) is 44.9 Å². The summed E-state index contributed by atoms with van der Waals surface area (Å²) in [6.45, 7) is 0. The van der Waals surface area contributed by atoms with Crippen LogP contribution in [0.3, 0.4) is 0 Å². The molecule has 0 heterocycles. The van der Waals surface area contributed by atoms with Gasteiger partial charge in [-0.05, 0) is 151 Å². The summed E-state index contributed by atoms with van der Waals surface area (Å²) in [5, 5.41) is 2.62. The van der Waals surface area contributed by atoms with E-state index in [1.165, 1.54) is 93.7 Å². The van der Waals surface area contributed by atoms with E-state index in [0.717, 1.165) is 63.7 Å². The van der Waals surface area contributed by atoms with Crippen molar-refractivity contribution < 1.29 is 9.47 Å². The third-order valence-corrected chi connectivity index (χ3v) is 18.0. The molecule has 2 nitrogen and oxygen atoms in total. The highest BCUT2D eigenvalue weighted by molar-refractivity contribution is 7.69. The molecule has 4 aromatic rings. The summed E-state index contributed by atoms with van der Waals surface area (Å²) >= 11 is 0. The van der Waals surface area contributed by atoms with E-state index in [4.69, 9.17) is 9.47 Å². The van der Waals surface area contributed by atoms with Crippen molar-refractivity contribution in [2.75, 3.05) is 14.2 Å². The highest BCUT2D eigenvalue weighted by Gasteiger charge is 2.63. The van der Waals surface area contributed by atoms with Crippen LogP contribution in [0.4, 0.5) is 0 Å². The molecule has 12 rings (SSSR count). The number of hydrogen-bond acceptors (Lipinski definition) is 2. The molecule has 0 aliphatic heterocycles. The fourth-order valence-electron chi connectivity index (χ4n) is 13.6. The summed E-state index contributed by atoms with van der Waals surface area (Å²) in [4.78, 5) is 0. The highest BCUT2D eigenvalue weighted by atomic mass is 31.1. The lowest BCUT2D eigenvalue weighted by Gasteiger charge is -2.67. The van der Waals surface area contributed by atoms with E-state index in [0.29, 0.717) is 10.3 Å². The largest absolute Gasteiger partial charge is 0.495 e. The van der Waals surface area contributed by atoms with Crippen LogP contribution in [0.25, 0.3) is 33.4 Å². The van der Waals surface area contributed by atoms with Crippen molar-refractivity contribution in [1.29, 1.82) is 0 Å². The molecule has 0 spiro atoms. The van der Waals surface area contributed by atoms with Gasteiger partial charge >= 0.3 is 0 Å². The van der Waals surface area contributed by atoms with Gasteiger partial charge in [-0.2, -0.15) is 0 Å². The van der Waals surface area contributed by atoms with Crippen LogP contribution in [0, 0.1) is 35.5 Å². The van der Waals surface area contributed by atoms with Gasteiger partial charge in [-0.3, -0.25) is 0 Å². The number of methoxy groups -OCH3 is 2. The minimum absolute atomic E-state index is 0.422. The zero-order valence-electron chi connectivity index (χ0n) is 29.4.